The molecule has 1 saturated heterocycles. The number of hydrogen-bond donors (Lipinski definition) is 0. The van der Waals surface area contributed by atoms with Crippen LogP contribution < -0.4 is 0 Å². The molecule has 3 nitrogen and oxygen atoms in total. The lowest BCUT2D eigenvalue weighted by Crippen LogP contribution is -2.23. The van der Waals surface area contributed by atoms with Crippen molar-refractivity contribution in [3.05, 3.63) is 66.5 Å². The molecule has 3 heteroatoms. The van der Waals surface area contributed by atoms with Crippen LogP contribution in [-0.2, 0) is 6.54 Å². The van der Waals surface area contributed by atoms with E-state index in [1.165, 1.54) is 58.9 Å². The molecule has 0 saturated carbocycles. The van der Waals surface area contributed by atoms with Gasteiger partial charge in [0.1, 0.15) is 0 Å². The lowest BCUT2D eigenvalue weighted by Gasteiger charge is -2.16. The summed E-state index contributed by atoms with van der Waals surface area (Å²) in [5.41, 5.74) is 6.30. The van der Waals surface area contributed by atoms with Crippen molar-refractivity contribution >= 4 is 21.8 Å². The number of hydrogen-bond acceptors (Lipinski definition) is 2. The van der Waals surface area contributed by atoms with Crippen molar-refractivity contribution in [2.24, 2.45) is 0 Å². The first-order chi connectivity index (χ1) is 13.3. The fourth-order valence-corrected chi connectivity index (χ4v) is 4.51. The highest BCUT2D eigenvalue weighted by molar-refractivity contribution is 6.05. The Labute approximate surface area is 160 Å². The molecule has 0 N–H and O–H groups in total. The lowest BCUT2D eigenvalue weighted by molar-refractivity contribution is 0.324. The third kappa shape index (κ3) is 2.92. The number of fused-ring (bicyclic) bond motifs is 2. The maximum absolute atomic E-state index is 4.56. The minimum atomic E-state index is 1.06. The molecule has 2 aromatic heterocycles. The molecule has 2 aromatic carbocycles. The first-order valence-corrected chi connectivity index (χ1v) is 9.96. The van der Waals surface area contributed by atoms with Gasteiger partial charge in [-0.15, -0.1) is 0 Å². The van der Waals surface area contributed by atoms with Crippen LogP contribution in [-0.4, -0.2) is 34.1 Å². The summed E-state index contributed by atoms with van der Waals surface area (Å²) in [7, 11) is 0. The summed E-state index contributed by atoms with van der Waals surface area (Å²) in [5, 5.41) is 2.56. The van der Waals surface area contributed by atoms with Crippen molar-refractivity contribution in [2.75, 3.05) is 19.6 Å². The highest BCUT2D eigenvalue weighted by atomic mass is 15.2. The SMILES string of the molecule is Cc1ccc2ncccc2c1-c1cccc2c1ccn2CCN1CCCC1. The summed E-state index contributed by atoms with van der Waals surface area (Å²) in [6, 6.07) is 17.5. The van der Waals surface area contributed by atoms with E-state index in [1.807, 2.05) is 12.3 Å². The molecule has 0 amide bonds. The van der Waals surface area contributed by atoms with Crippen LogP contribution in [0, 0.1) is 6.92 Å². The maximum atomic E-state index is 4.56. The quantitative estimate of drug-likeness (QED) is 0.498. The van der Waals surface area contributed by atoms with E-state index < -0.39 is 0 Å². The number of nitrogens with zero attached hydrogens (tertiary/aromatic N) is 3. The Bertz CT molecular complexity index is 1100. The lowest BCUT2D eigenvalue weighted by atomic mass is 9.93. The van der Waals surface area contributed by atoms with E-state index in [-0.39, 0.29) is 0 Å². The Morgan fingerprint density at radius 1 is 0.889 bits per heavy atom. The van der Waals surface area contributed by atoms with Crippen molar-refractivity contribution < 1.29 is 0 Å². The Morgan fingerprint density at radius 3 is 2.67 bits per heavy atom. The van der Waals surface area contributed by atoms with Crippen LogP contribution in [0.4, 0.5) is 0 Å². The summed E-state index contributed by atoms with van der Waals surface area (Å²) in [6.45, 7) is 6.92. The van der Waals surface area contributed by atoms with Gasteiger partial charge in [-0.3, -0.25) is 4.98 Å². The van der Waals surface area contributed by atoms with Gasteiger partial charge in [0.2, 0.25) is 0 Å². The predicted molar refractivity (Wildman–Crippen MR) is 113 cm³/mol. The molecule has 1 aliphatic rings. The van der Waals surface area contributed by atoms with E-state index in [0.29, 0.717) is 0 Å². The average Bonchev–Trinajstić information content (AvgIpc) is 3.36. The van der Waals surface area contributed by atoms with Crippen molar-refractivity contribution in [3.8, 4) is 11.1 Å². The zero-order valence-corrected chi connectivity index (χ0v) is 15.9. The van der Waals surface area contributed by atoms with E-state index in [2.05, 4.69) is 70.0 Å². The normalized spacial score (nSPS) is 15.1. The van der Waals surface area contributed by atoms with Gasteiger partial charge in [-0.2, -0.15) is 0 Å². The summed E-state index contributed by atoms with van der Waals surface area (Å²) < 4.78 is 2.41. The van der Waals surface area contributed by atoms with Gasteiger partial charge in [0.05, 0.1) is 5.52 Å². The minimum absolute atomic E-state index is 1.06. The van der Waals surface area contributed by atoms with Gasteiger partial charge in [0.25, 0.3) is 0 Å². The van der Waals surface area contributed by atoms with Crippen molar-refractivity contribution in [3.63, 3.8) is 0 Å². The number of likely N-dealkylation sites (tertiary alicyclic amines) is 1. The molecule has 0 spiro atoms. The second-order valence-corrected chi connectivity index (χ2v) is 7.62. The zero-order valence-electron chi connectivity index (χ0n) is 15.9. The van der Waals surface area contributed by atoms with Crippen molar-refractivity contribution in [2.45, 2.75) is 26.3 Å². The van der Waals surface area contributed by atoms with Crippen LogP contribution in [0.2, 0.25) is 0 Å². The van der Waals surface area contributed by atoms with E-state index in [0.717, 1.165) is 18.6 Å². The molecular weight excluding hydrogens is 330 g/mol. The Hall–Kier alpha value is -2.65. The van der Waals surface area contributed by atoms with Gasteiger partial charge in [-0.1, -0.05) is 24.3 Å². The second-order valence-electron chi connectivity index (χ2n) is 7.62. The number of rotatable bonds is 4. The zero-order chi connectivity index (χ0) is 18.2. The number of aryl methyl sites for hydroxylation is 1. The van der Waals surface area contributed by atoms with Gasteiger partial charge in [0.15, 0.2) is 0 Å². The average molecular weight is 355 g/mol. The van der Waals surface area contributed by atoms with Crippen LogP contribution in [0.15, 0.2) is 60.9 Å². The summed E-state index contributed by atoms with van der Waals surface area (Å²) >= 11 is 0. The fraction of sp³-hybridized carbons (Fsp3) is 0.292. The molecule has 0 aliphatic carbocycles. The number of benzene rings is 2. The van der Waals surface area contributed by atoms with Gasteiger partial charge in [0, 0.05) is 41.8 Å². The molecule has 0 bridgehead atoms. The molecule has 1 aliphatic heterocycles. The third-order valence-electron chi connectivity index (χ3n) is 5.93. The molecular formula is C24H25N3. The van der Waals surface area contributed by atoms with Gasteiger partial charge < -0.3 is 9.47 Å². The first kappa shape index (κ1) is 16.5. The molecule has 4 aromatic rings. The number of aromatic nitrogens is 2. The van der Waals surface area contributed by atoms with Crippen molar-refractivity contribution in [1.29, 1.82) is 0 Å². The molecule has 1 fully saturated rings. The molecule has 0 atom stereocenters. The fourth-order valence-electron chi connectivity index (χ4n) is 4.51. The van der Waals surface area contributed by atoms with Crippen LogP contribution in [0.3, 0.4) is 0 Å². The van der Waals surface area contributed by atoms with Crippen molar-refractivity contribution in [1.82, 2.24) is 14.5 Å². The monoisotopic (exact) mass is 355 g/mol. The van der Waals surface area contributed by atoms with Crippen LogP contribution >= 0.6 is 0 Å². The van der Waals surface area contributed by atoms with Crippen LogP contribution in [0.5, 0.6) is 0 Å². The van der Waals surface area contributed by atoms with Crippen LogP contribution in [0.25, 0.3) is 32.9 Å². The maximum Gasteiger partial charge on any atom is 0.0708 e. The molecule has 5 rings (SSSR count). The van der Waals surface area contributed by atoms with E-state index >= 15 is 0 Å². The Morgan fingerprint density at radius 2 is 1.78 bits per heavy atom. The van der Waals surface area contributed by atoms with Gasteiger partial charge in [-0.05, 0) is 73.8 Å². The van der Waals surface area contributed by atoms with Crippen LogP contribution in [0.1, 0.15) is 18.4 Å². The first-order valence-electron chi connectivity index (χ1n) is 9.96. The molecule has 27 heavy (non-hydrogen) atoms. The Kier molecular flexibility index (Phi) is 4.17. The highest BCUT2D eigenvalue weighted by Gasteiger charge is 2.14. The predicted octanol–water partition coefficient (Wildman–Crippen LogP) is 5.26. The van der Waals surface area contributed by atoms with E-state index in [4.69, 9.17) is 0 Å². The third-order valence-corrected chi connectivity index (χ3v) is 5.93. The smallest absolute Gasteiger partial charge is 0.0708 e. The molecule has 3 heterocycles. The van der Waals surface area contributed by atoms with E-state index in [9.17, 15) is 0 Å². The largest absolute Gasteiger partial charge is 0.346 e. The highest BCUT2D eigenvalue weighted by Crippen LogP contribution is 2.36. The van der Waals surface area contributed by atoms with Gasteiger partial charge in [-0.25, -0.2) is 0 Å². The summed E-state index contributed by atoms with van der Waals surface area (Å²) in [6.07, 6.45) is 6.83. The molecule has 136 valence electrons. The summed E-state index contributed by atoms with van der Waals surface area (Å²) in [5.74, 6) is 0. The number of pyridine rings is 1. The summed E-state index contributed by atoms with van der Waals surface area (Å²) in [4.78, 5) is 7.14. The molecule has 0 unspecified atom stereocenters. The standard InChI is InChI=1S/C24H25N3/c1-18-9-10-22-21(7-5-12-25-22)24(18)20-6-4-8-23-19(20)11-15-27(23)17-16-26-13-2-3-14-26/h4-12,15H,2-3,13-14,16-17H2,1H3. The van der Waals surface area contributed by atoms with Gasteiger partial charge >= 0.3 is 0 Å². The van der Waals surface area contributed by atoms with E-state index in [1.54, 1.807) is 0 Å². The molecule has 0 radical (unpaired) electrons. The Balaban J connectivity index is 1.60. The minimum Gasteiger partial charge on any atom is -0.346 e. The second kappa shape index (κ2) is 6.82. The topological polar surface area (TPSA) is 21.1 Å².